The first-order valence-corrected chi connectivity index (χ1v) is 14.6. The predicted molar refractivity (Wildman–Crippen MR) is 155 cm³/mol. The number of sulfone groups is 1. The van der Waals surface area contributed by atoms with Gasteiger partial charge in [-0.15, -0.1) is 0 Å². The number of fused-ring (bicyclic) bond motifs is 1. The fourth-order valence-electron chi connectivity index (χ4n) is 3.88. The van der Waals surface area contributed by atoms with Gasteiger partial charge in [-0.25, -0.2) is 22.8 Å². The third-order valence-corrected chi connectivity index (χ3v) is 7.05. The van der Waals surface area contributed by atoms with Crippen LogP contribution in [0.5, 0.6) is 5.75 Å². The van der Waals surface area contributed by atoms with E-state index in [0.29, 0.717) is 39.4 Å². The number of rotatable bonds is 10. The van der Waals surface area contributed by atoms with Crippen LogP contribution >= 0.6 is 11.6 Å². The Morgan fingerprint density at radius 1 is 1.07 bits per heavy atom. The van der Waals surface area contributed by atoms with E-state index in [2.05, 4.69) is 20.3 Å². The molecular formula is C29H24ClFN4O4S. The number of nitrogens with one attached hydrogen (secondary N) is 1. The van der Waals surface area contributed by atoms with Crippen molar-refractivity contribution in [3.63, 3.8) is 0 Å². The highest BCUT2D eigenvalue weighted by Gasteiger charge is 2.11. The summed E-state index contributed by atoms with van der Waals surface area (Å²) >= 11 is 6.46. The zero-order chi connectivity index (χ0) is 28.1. The molecular weight excluding hydrogens is 555 g/mol. The standard InChI is InChI=1S/C29H24ClFN4O4S/c1-40(36,37)12-11-32-16-23-7-10-27(39-23)20-5-8-26-24(14-20)29(34-18-33-26)35-22-6-9-28(25(30)15-22)38-17-19-3-2-4-21(31)13-19/h2-10,13-16,18H,11-12,17H2,1H3,(H,33,34,35)/b32-16+. The summed E-state index contributed by atoms with van der Waals surface area (Å²) < 4.78 is 47.6. The maximum absolute atomic E-state index is 13.4. The van der Waals surface area contributed by atoms with Crippen LogP contribution in [0.25, 0.3) is 22.2 Å². The van der Waals surface area contributed by atoms with Crippen LogP contribution in [0.1, 0.15) is 11.3 Å². The van der Waals surface area contributed by atoms with Gasteiger partial charge in [-0.1, -0.05) is 23.7 Å². The van der Waals surface area contributed by atoms with Crippen LogP contribution < -0.4 is 10.1 Å². The molecule has 5 aromatic rings. The van der Waals surface area contributed by atoms with Crippen LogP contribution in [0.15, 0.2) is 88.5 Å². The molecule has 8 nitrogen and oxygen atoms in total. The van der Waals surface area contributed by atoms with E-state index in [9.17, 15) is 12.8 Å². The van der Waals surface area contributed by atoms with Crippen LogP contribution in [0.4, 0.5) is 15.9 Å². The third-order valence-electron chi connectivity index (χ3n) is 5.83. The fraction of sp³-hybridized carbons (Fsp3) is 0.138. The average Bonchev–Trinajstić information content (AvgIpc) is 3.39. The Kier molecular flexibility index (Phi) is 8.09. The van der Waals surface area contributed by atoms with Crippen molar-refractivity contribution in [2.75, 3.05) is 23.9 Å². The fourth-order valence-corrected chi connectivity index (χ4v) is 4.55. The van der Waals surface area contributed by atoms with Gasteiger partial charge >= 0.3 is 0 Å². The van der Waals surface area contributed by atoms with E-state index in [1.165, 1.54) is 30.9 Å². The second-order valence-electron chi connectivity index (χ2n) is 9.01. The highest BCUT2D eigenvalue weighted by Crippen LogP contribution is 2.32. The number of ether oxygens (including phenoxy) is 1. The van der Waals surface area contributed by atoms with Crippen molar-refractivity contribution >= 4 is 50.1 Å². The van der Waals surface area contributed by atoms with Crippen molar-refractivity contribution in [2.24, 2.45) is 4.99 Å². The lowest BCUT2D eigenvalue weighted by atomic mass is 10.1. The highest BCUT2D eigenvalue weighted by molar-refractivity contribution is 7.90. The van der Waals surface area contributed by atoms with E-state index in [1.54, 1.807) is 30.3 Å². The van der Waals surface area contributed by atoms with E-state index in [0.717, 1.165) is 16.5 Å². The maximum Gasteiger partial charge on any atom is 0.149 e. The number of anilines is 2. The Morgan fingerprint density at radius 2 is 1.95 bits per heavy atom. The SMILES string of the molecule is CS(=O)(=O)CC/N=C/c1ccc(-c2ccc3ncnc(Nc4ccc(OCc5cccc(F)c5)c(Cl)c4)c3c2)o1. The lowest BCUT2D eigenvalue weighted by Gasteiger charge is -2.12. The summed E-state index contributed by atoms with van der Waals surface area (Å²) in [5, 5.41) is 4.44. The zero-order valence-corrected chi connectivity index (χ0v) is 22.9. The molecule has 11 heteroatoms. The van der Waals surface area contributed by atoms with Gasteiger partial charge in [0.2, 0.25) is 0 Å². The topological polar surface area (TPSA) is 107 Å². The first kappa shape index (κ1) is 27.3. The molecule has 0 spiro atoms. The van der Waals surface area contributed by atoms with Gasteiger partial charge in [-0.3, -0.25) is 4.99 Å². The minimum Gasteiger partial charge on any atom is -0.487 e. The largest absolute Gasteiger partial charge is 0.487 e. The number of hydrogen-bond acceptors (Lipinski definition) is 8. The molecule has 0 fully saturated rings. The first-order chi connectivity index (χ1) is 19.2. The van der Waals surface area contributed by atoms with Crippen molar-refractivity contribution in [2.45, 2.75) is 6.61 Å². The molecule has 0 amide bonds. The molecule has 204 valence electrons. The maximum atomic E-state index is 13.4. The number of aromatic nitrogens is 2. The molecule has 0 radical (unpaired) electrons. The molecule has 0 saturated carbocycles. The number of hydrogen-bond donors (Lipinski definition) is 1. The summed E-state index contributed by atoms with van der Waals surface area (Å²) in [6.45, 7) is 0.353. The molecule has 1 N–H and O–H groups in total. The Labute approximate surface area is 235 Å². The van der Waals surface area contributed by atoms with Crippen molar-refractivity contribution in [3.05, 3.63) is 101 Å². The summed E-state index contributed by atoms with van der Waals surface area (Å²) in [4.78, 5) is 12.9. The molecule has 0 aliphatic heterocycles. The van der Waals surface area contributed by atoms with Gasteiger partial charge in [0.1, 0.15) is 51.7 Å². The minimum absolute atomic E-state index is 0.0204. The Hall–Kier alpha value is -4.28. The molecule has 2 aromatic heterocycles. The second-order valence-corrected chi connectivity index (χ2v) is 11.7. The van der Waals surface area contributed by atoms with Gasteiger partial charge in [-0.2, -0.15) is 0 Å². The van der Waals surface area contributed by atoms with E-state index in [-0.39, 0.29) is 24.7 Å². The molecule has 0 unspecified atom stereocenters. The van der Waals surface area contributed by atoms with Crippen molar-refractivity contribution in [3.8, 4) is 17.1 Å². The predicted octanol–water partition coefficient (Wildman–Crippen LogP) is 6.47. The van der Waals surface area contributed by atoms with E-state index >= 15 is 0 Å². The minimum atomic E-state index is -3.07. The number of nitrogens with zero attached hydrogens (tertiary/aromatic N) is 3. The molecule has 3 aromatic carbocycles. The highest BCUT2D eigenvalue weighted by atomic mass is 35.5. The van der Waals surface area contributed by atoms with Crippen molar-refractivity contribution in [1.29, 1.82) is 0 Å². The lowest BCUT2D eigenvalue weighted by Crippen LogP contribution is -2.05. The molecule has 5 rings (SSSR count). The first-order valence-electron chi connectivity index (χ1n) is 12.2. The third kappa shape index (κ3) is 7.02. The number of furan rings is 1. The summed E-state index contributed by atoms with van der Waals surface area (Å²) in [6.07, 6.45) is 4.16. The summed E-state index contributed by atoms with van der Waals surface area (Å²) in [5.41, 5.74) is 2.93. The zero-order valence-electron chi connectivity index (χ0n) is 21.3. The van der Waals surface area contributed by atoms with E-state index in [1.807, 2.05) is 30.3 Å². The van der Waals surface area contributed by atoms with Crippen molar-refractivity contribution in [1.82, 2.24) is 9.97 Å². The van der Waals surface area contributed by atoms with Gasteiger partial charge in [0, 0.05) is 22.9 Å². The molecule has 0 aliphatic carbocycles. The summed E-state index contributed by atoms with van der Waals surface area (Å²) in [6, 6.07) is 20.7. The van der Waals surface area contributed by atoms with Crippen LogP contribution in [-0.4, -0.2) is 43.2 Å². The van der Waals surface area contributed by atoms with Crippen LogP contribution in [0.3, 0.4) is 0 Å². The lowest BCUT2D eigenvalue weighted by molar-refractivity contribution is 0.306. The van der Waals surface area contributed by atoms with Gasteiger partial charge in [0.25, 0.3) is 0 Å². The summed E-state index contributed by atoms with van der Waals surface area (Å²) in [7, 11) is -3.07. The van der Waals surface area contributed by atoms with E-state index in [4.69, 9.17) is 20.8 Å². The van der Waals surface area contributed by atoms with Crippen LogP contribution in [-0.2, 0) is 16.4 Å². The van der Waals surface area contributed by atoms with E-state index < -0.39 is 9.84 Å². The molecule has 0 atom stereocenters. The van der Waals surface area contributed by atoms with Crippen molar-refractivity contribution < 1.29 is 22.0 Å². The molecule has 2 heterocycles. The molecule has 0 aliphatic rings. The quantitative estimate of drug-likeness (QED) is 0.189. The monoisotopic (exact) mass is 578 g/mol. The summed E-state index contributed by atoms with van der Waals surface area (Å²) in [5.74, 6) is 1.83. The Morgan fingerprint density at radius 3 is 2.75 bits per heavy atom. The van der Waals surface area contributed by atoms with Gasteiger partial charge in [0.05, 0.1) is 29.1 Å². The molecule has 0 bridgehead atoms. The average molecular weight is 579 g/mol. The number of benzene rings is 3. The van der Waals surface area contributed by atoms with Crippen LogP contribution in [0, 0.1) is 5.82 Å². The Bertz CT molecular complexity index is 1810. The van der Waals surface area contributed by atoms with Crippen LogP contribution in [0.2, 0.25) is 5.02 Å². The Balaban J connectivity index is 1.32. The second kappa shape index (κ2) is 11.8. The smallest absolute Gasteiger partial charge is 0.149 e. The molecule has 40 heavy (non-hydrogen) atoms. The number of aliphatic imine (C=N–C) groups is 1. The number of halogens is 2. The molecule has 0 saturated heterocycles. The normalized spacial score (nSPS) is 11.8. The van der Waals surface area contributed by atoms with Gasteiger partial charge in [0.15, 0.2) is 0 Å². The van der Waals surface area contributed by atoms with Gasteiger partial charge in [-0.05, 0) is 66.2 Å². The van der Waals surface area contributed by atoms with Gasteiger partial charge < -0.3 is 14.5 Å².